The smallest absolute Gasteiger partial charge is 0.407 e. The van der Waals surface area contributed by atoms with Gasteiger partial charge in [-0.05, 0) is 36.1 Å². The van der Waals surface area contributed by atoms with Gasteiger partial charge in [0.25, 0.3) is 0 Å². The number of rotatable bonds is 0. The zero-order valence-corrected chi connectivity index (χ0v) is 11.2. The van der Waals surface area contributed by atoms with Crippen molar-refractivity contribution >= 4 is 22.0 Å². The van der Waals surface area contributed by atoms with E-state index in [4.69, 9.17) is 5.11 Å². The second-order valence-corrected chi connectivity index (χ2v) is 5.73. The molecular weight excluding hydrogens is 294 g/mol. The lowest BCUT2D eigenvalue weighted by atomic mass is 10.2. The second kappa shape index (κ2) is 4.33. The van der Waals surface area contributed by atoms with E-state index < -0.39 is 6.09 Å². The minimum Gasteiger partial charge on any atom is -0.465 e. The van der Waals surface area contributed by atoms with Gasteiger partial charge in [0.2, 0.25) is 0 Å². The average molecular weight is 306 g/mol. The molecule has 3 rings (SSSR count). The fourth-order valence-electron chi connectivity index (χ4n) is 2.60. The summed E-state index contributed by atoms with van der Waals surface area (Å²) < 4.78 is 1.05. The van der Waals surface area contributed by atoms with Crippen molar-refractivity contribution in [1.29, 1.82) is 0 Å². The fraction of sp³-hybridized carbons (Fsp3) is 0.357. The van der Waals surface area contributed by atoms with Crippen LogP contribution >= 0.6 is 15.9 Å². The first-order chi connectivity index (χ1) is 8.65. The van der Waals surface area contributed by atoms with E-state index in [-0.39, 0.29) is 0 Å². The average Bonchev–Trinajstić information content (AvgIpc) is 2.81. The molecule has 2 aliphatic rings. The van der Waals surface area contributed by atoms with Crippen LogP contribution in [-0.4, -0.2) is 29.2 Å². The van der Waals surface area contributed by atoms with Crippen LogP contribution in [0.2, 0.25) is 0 Å². The maximum atomic E-state index is 10.8. The molecule has 4 heteroatoms. The molecule has 18 heavy (non-hydrogen) atoms. The molecule has 0 unspecified atom stereocenters. The van der Waals surface area contributed by atoms with Crippen molar-refractivity contribution in [3.63, 3.8) is 0 Å². The first-order valence-electron chi connectivity index (χ1n) is 5.90. The molecule has 1 aliphatic carbocycles. The summed E-state index contributed by atoms with van der Waals surface area (Å²) in [4.78, 5) is 12.3. The Hall–Kier alpha value is -1.47. The maximum Gasteiger partial charge on any atom is 0.407 e. The molecule has 1 saturated heterocycles. The van der Waals surface area contributed by atoms with E-state index in [1.54, 1.807) is 0 Å². The number of halogens is 1. The van der Waals surface area contributed by atoms with Crippen LogP contribution in [-0.2, 0) is 0 Å². The molecule has 1 aromatic rings. The van der Waals surface area contributed by atoms with E-state index in [9.17, 15) is 4.79 Å². The third-order valence-electron chi connectivity index (χ3n) is 3.69. The summed E-state index contributed by atoms with van der Waals surface area (Å²) in [6, 6.07) is 7.92. The Morgan fingerprint density at radius 1 is 1.28 bits per heavy atom. The van der Waals surface area contributed by atoms with Crippen LogP contribution in [0.15, 0.2) is 28.7 Å². The number of hydrogen-bond acceptors (Lipinski definition) is 1. The Kier molecular flexibility index (Phi) is 2.79. The highest BCUT2D eigenvalue weighted by Gasteiger charge is 2.56. The summed E-state index contributed by atoms with van der Waals surface area (Å²) in [6.07, 6.45) is -0.804. The van der Waals surface area contributed by atoms with Crippen molar-refractivity contribution in [2.24, 2.45) is 17.8 Å². The number of piperidine rings is 1. The molecule has 1 aliphatic heterocycles. The summed E-state index contributed by atoms with van der Waals surface area (Å²) >= 11 is 3.39. The molecule has 0 bridgehead atoms. The summed E-state index contributed by atoms with van der Waals surface area (Å²) in [7, 11) is 0. The summed E-state index contributed by atoms with van der Waals surface area (Å²) in [6.45, 7) is 1.30. The molecule has 1 aromatic carbocycles. The number of nitrogens with zero attached hydrogens (tertiary/aromatic N) is 1. The lowest BCUT2D eigenvalue weighted by molar-refractivity contribution is 0.149. The molecule has 92 valence electrons. The van der Waals surface area contributed by atoms with Gasteiger partial charge in [-0.25, -0.2) is 4.79 Å². The third-order valence-corrected chi connectivity index (χ3v) is 4.22. The monoisotopic (exact) mass is 305 g/mol. The van der Waals surface area contributed by atoms with Crippen LogP contribution in [0.1, 0.15) is 5.56 Å². The van der Waals surface area contributed by atoms with Gasteiger partial charge in [0.1, 0.15) is 0 Å². The van der Waals surface area contributed by atoms with E-state index in [0.717, 1.165) is 10.0 Å². The molecule has 0 radical (unpaired) electrons. The number of amides is 1. The Balaban J connectivity index is 1.62. The zero-order valence-electron chi connectivity index (χ0n) is 9.64. The molecule has 3 nitrogen and oxygen atoms in total. The van der Waals surface area contributed by atoms with Gasteiger partial charge in [-0.2, -0.15) is 0 Å². The molecule has 2 fully saturated rings. The van der Waals surface area contributed by atoms with Crippen molar-refractivity contribution in [3.8, 4) is 11.8 Å². The molecule has 1 amide bonds. The van der Waals surface area contributed by atoms with Crippen molar-refractivity contribution in [2.45, 2.75) is 0 Å². The van der Waals surface area contributed by atoms with Crippen molar-refractivity contribution in [3.05, 3.63) is 34.3 Å². The molecule has 0 aromatic heterocycles. The number of likely N-dealkylation sites (tertiary alicyclic amines) is 1. The van der Waals surface area contributed by atoms with Gasteiger partial charge in [-0.3, -0.25) is 0 Å². The zero-order chi connectivity index (χ0) is 12.7. The summed E-state index contributed by atoms with van der Waals surface area (Å²) in [5.74, 6) is 7.76. The van der Waals surface area contributed by atoms with Gasteiger partial charge in [0.05, 0.1) is 0 Å². The lowest BCUT2D eigenvalue weighted by Crippen LogP contribution is -2.29. The van der Waals surface area contributed by atoms with E-state index >= 15 is 0 Å². The van der Waals surface area contributed by atoms with Crippen molar-refractivity contribution in [1.82, 2.24) is 4.90 Å². The molecule has 1 saturated carbocycles. The van der Waals surface area contributed by atoms with Gasteiger partial charge in [0.15, 0.2) is 0 Å². The predicted octanol–water partition coefficient (Wildman–Crippen LogP) is 2.66. The van der Waals surface area contributed by atoms with Gasteiger partial charge in [-0.1, -0.05) is 27.8 Å². The van der Waals surface area contributed by atoms with Crippen LogP contribution in [0.4, 0.5) is 4.79 Å². The first kappa shape index (κ1) is 11.6. The molecule has 0 spiro atoms. The van der Waals surface area contributed by atoms with E-state index in [0.29, 0.717) is 30.8 Å². The highest BCUT2D eigenvalue weighted by Crippen LogP contribution is 2.51. The first-order valence-corrected chi connectivity index (χ1v) is 6.69. The molecule has 1 N–H and O–H groups in total. The molecule has 1 heterocycles. The predicted molar refractivity (Wildman–Crippen MR) is 71.1 cm³/mol. The minimum atomic E-state index is -0.804. The number of fused-ring (bicyclic) bond motifs is 1. The highest BCUT2D eigenvalue weighted by molar-refractivity contribution is 9.10. The largest absolute Gasteiger partial charge is 0.465 e. The van der Waals surface area contributed by atoms with Gasteiger partial charge in [-0.15, -0.1) is 0 Å². The van der Waals surface area contributed by atoms with Gasteiger partial charge >= 0.3 is 6.09 Å². The quantitative estimate of drug-likeness (QED) is 0.749. The minimum absolute atomic E-state index is 0.393. The van der Waals surface area contributed by atoms with Crippen molar-refractivity contribution < 1.29 is 9.90 Å². The molecular formula is C14H12BrNO2. The maximum absolute atomic E-state index is 10.8. The standard InChI is InChI=1S/C14H12BrNO2/c15-10-4-1-9(2-5-10)3-6-11-12-7-16(14(17)18)8-13(11)12/h1-2,4-5,11-13H,7-8H2,(H,17,18)/t11-,12+,13-. The van der Waals surface area contributed by atoms with E-state index in [2.05, 4.69) is 27.8 Å². The van der Waals surface area contributed by atoms with E-state index in [1.165, 1.54) is 4.90 Å². The van der Waals surface area contributed by atoms with Crippen LogP contribution in [0.5, 0.6) is 0 Å². The van der Waals surface area contributed by atoms with Crippen molar-refractivity contribution in [2.75, 3.05) is 13.1 Å². The van der Waals surface area contributed by atoms with Crippen LogP contribution < -0.4 is 0 Å². The number of carboxylic acid groups (broad SMARTS) is 1. The Labute approximate surface area is 114 Å². The summed E-state index contributed by atoms with van der Waals surface area (Å²) in [5.41, 5.74) is 1.01. The fourth-order valence-corrected chi connectivity index (χ4v) is 2.86. The number of hydrogen-bond donors (Lipinski definition) is 1. The topological polar surface area (TPSA) is 40.5 Å². The number of carbonyl (C=O) groups is 1. The SMILES string of the molecule is O=C(O)N1C[C@@H]2[C@H](C#Cc3ccc(Br)cc3)[C@@H]2C1. The lowest BCUT2D eigenvalue weighted by Gasteiger charge is -2.13. The Morgan fingerprint density at radius 3 is 2.44 bits per heavy atom. The normalized spacial score (nSPS) is 28.3. The van der Waals surface area contributed by atoms with Crippen LogP contribution in [0.25, 0.3) is 0 Å². The highest BCUT2D eigenvalue weighted by atomic mass is 79.9. The van der Waals surface area contributed by atoms with Crippen LogP contribution in [0.3, 0.4) is 0 Å². The second-order valence-electron chi connectivity index (χ2n) is 4.82. The summed E-state index contributed by atoms with van der Waals surface area (Å²) in [5, 5.41) is 8.86. The Morgan fingerprint density at radius 2 is 1.89 bits per heavy atom. The number of benzene rings is 1. The van der Waals surface area contributed by atoms with E-state index in [1.807, 2.05) is 24.3 Å². The van der Waals surface area contributed by atoms with Gasteiger partial charge in [0, 0.05) is 29.0 Å². The molecule has 3 atom stereocenters. The van der Waals surface area contributed by atoms with Crippen LogP contribution in [0, 0.1) is 29.6 Å². The third kappa shape index (κ3) is 2.11. The van der Waals surface area contributed by atoms with Gasteiger partial charge < -0.3 is 10.0 Å². The Bertz CT molecular complexity index is 531.